The molecule has 1 aromatic rings. The second-order valence-corrected chi connectivity index (χ2v) is 7.42. The van der Waals surface area contributed by atoms with Crippen LogP contribution in [0.2, 0.25) is 0 Å². The first-order valence-electron chi connectivity index (χ1n) is 9.81. The molecule has 2 unspecified atom stereocenters. The third-order valence-corrected chi connectivity index (χ3v) is 5.43. The monoisotopic (exact) mass is 359 g/mol. The van der Waals surface area contributed by atoms with Crippen LogP contribution in [0.4, 0.5) is 0 Å². The number of rotatable bonds is 8. The summed E-state index contributed by atoms with van der Waals surface area (Å²) in [6.07, 6.45) is 3.99. The van der Waals surface area contributed by atoms with E-state index < -0.39 is 6.04 Å². The average Bonchev–Trinajstić information content (AvgIpc) is 2.66. The van der Waals surface area contributed by atoms with Crippen molar-refractivity contribution in [2.24, 2.45) is 11.8 Å². The SMILES string of the molecule is CCC(C)C(NC(=O)CNC)C(=O)N1CCC(Cc2ccccc2)CC1. The molecule has 0 saturated carbocycles. The third-order valence-electron chi connectivity index (χ3n) is 5.43. The van der Waals surface area contributed by atoms with Crippen molar-refractivity contribution in [1.82, 2.24) is 15.5 Å². The van der Waals surface area contributed by atoms with Gasteiger partial charge in [-0.25, -0.2) is 0 Å². The molecule has 0 bridgehead atoms. The first-order valence-corrected chi connectivity index (χ1v) is 9.81. The van der Waals surface area contributed by atoms with Gasteiger partial charge in [-0.05, 0) is 43.7 Å². The topological polar surface area (TPSA) is 61.4 Å². The molecular formula is C21H33N3O2. The Balaban J connectivity index is 1.90. The number of likely N-dealkylation sites (N-methyl/N-ethyl adjacent to an activating group) is 1. The second kappa shape index (κ2) is 10.3. The van der Waals surface area contributed by atoms with Crippen molar-refractivity contribution >= 4 is 11.8 Å². The maximum atomic E-state index is 13.0. The molecule has 1 saturated heterocycles. The standard InChI is InChI=1S/C21H33N3O2/c1-4-16(2)20(23-19(25)15-22-3)21(26)24-12-10-18(11-13-24)14-17-8-6-5-7-9-17/h5-9,16,18,20,22H,4,10-15H2,1-3H3,(H,23,25). The lowest BCUT2D eigenvalue weighted by Crippen LogP contribution is -2.54. The summed E-state index contributed by atoms with van der Waals surface area (Å²) in [5.41, 5.74) is 1.37. The van der Waals surface area contributed by atoms with Crippen LogP contribution >= 0.6 is 0 Å². The van der Waals surface area contributed by atoms with E-state index in [4.69, 9.17) is 0 Å². The molecule has 0 spiro atoms. The summed E-state index contributed by atoms with van der Waals surface area (Å²) < 4.78 is 0. The lowest BCUT2D eigenvalue weighted by molar-refractivity contribution is -0.139. The van der Waals surface area contributed by atoms with Crippen LogP contribution in [-0.4, -0.2) is 49.4 Å². The maximum Gasteiger partial charge on any atom is 0.245 e. The summed E-state index contributed by atoms with van der Waals surface area (Å²) in [5, 5.41) is 5.76. The van der Waals surface area contributed by atoms with Gasteiger partial charge in [-0.2, -0.15) is 0 Å². The van der Waals surface area contributed by atoms with Gasteiger partial charge >= 0.3 is 0 Å². The van der Waals surface area contributed by atoms with Gasteiger partial charge in [0.2, 0.25) is 11.8 Å². The highest BCUT2D eigenvalue weighted by atomic mass is 16.2. The van der Waals surface area contributed by atoms with Crippen LogP contribution < -0.4 is 10.6 Å². The molecule has 1 heterocycles. The number of nitrogens with zero attached hydrogens (tertiary/aromatic N) is 1. The zero-order chi connectivity index (χ0) is 18.9. The zero-order valence-corrected chi connectivity index (χ0v) is 16.3. The molecule has 2 atom stereocenters. The highest BCUT2D eigenvalue weighted by molar-refractivity contribution is 5.88. The highest BCUT2D eigenvalue weighted by Gasteiger charge is 2.32. The van der Waals surface area contributed by atoms with E-state index in [1.165, 1.54) is 5.56 Å². The molecule has 1 aliphatic heterocycles. The molecule has 1 aromatic carbocycles. The first kappa shape index (κ1) is 20.4. The predicted molar refractivity (Wildman–Crippen MR) is 105 cm³/mol. The molecule has 0 radical (unpaired) electrons. The number of hydrogen-bond donors (Lipinski definition) is 2. The van der Waals surface area contributed by atoms with Gasteiger partial charge in [0.15, 0.2) is 0 Å². The van der Waals surface area contributed by atoms with Crippen molar-refractivity contribution in [3.8, 4) is 0 Å². The van der Waals surface area contributed by atoms with Crippen molar-refractivity contribution in [1.29, 1.82) is 0 Å². The van der Waals surface area contributed by atoms with Gasteiger partial charge in [0, 0.05) is 13.1 Å². The quantitative estimate of drug-likeness (QED) is 0.748. The Kier molecular flexibility index (Phi) is 8.10. The van der Waals surface area contributed by atoms with E-state index in [2.05, 4.69) is 41.8 Å². The first-order chi connectivity index (χ1) is 12.5. The molecule has 0 aliphatic carbocycles. The molecule has 144 valence electrons. The number of likely N-dealkylation sites (tertiary alicyclic amines) is 1. The Labute approximate surface area is 157 Å². The van der Waals surface area contributed by atoms with Gasteiger partial charge in [-0.1, -0.05) is 50.6 Å². The molecule has 1 fully saturated rings. The van der Waals surface area contributed by atoms with Crippen LogP contribution in [0, 0.1) is 11.8 Å². The van der Waals surface area contributed by atoms with E-state index in [0.717, 1.165) is 38.8 Å². The van der Waals surface area contributed by atoms with E-state index in [0.29, 0.717) is 5.92 Å². The van der Waals surface area contributed by atoms with E-state index in [9.17, 15) is 9.59 Å². The summed E-state index contributed by atoms with van der Waals surface area (Å²) in [6.45, 7) is 5.89. The highest BCUT2D eigenvalue weighted by Crippen LogP contribution is 2.23. The van der Waals surface area contributed by atoms with Crippen molar-refractivity contribution in [2.45, 2.75) is 45.6 Å². The van der Waals surface area contributed by atoms with Gasteiger partial charge < -0.3 is 15.5 Å². The fourth-order valence-corrected chi connectivity index (χ4v) is 3.57. The molecule has 5 heteroatoms. The van der Waals surface area contributed by atoms with E-state index >= 15 is 0 Å². The van der Waals surface area contributed by atoms with Crippen LogP contribution in [0.5, 0.6) is 0 Å². The summed E-state index contributed by atoms with van der Waals surface area (Å²) in [5.74, 6) is 0.708. The molecule has 2 rings (SSSR count). The Morgan fingerprint density at radius 2 is 1.85 bits per heavy atom. The van der Waals surface area contributed by atoms with Crippen LogP contribution in [-0.2, 0) is 16.0 Å². The summed E-state index contributed by atoms with van der Waals surface area (Å²) in [7, 11) is 1.73. The summed E-state index contributed by atoms with van der Waals surface area (Å²) in [6, 6.07) is 10.1. The lowest BCUT2D eigenvalue weighted by Gasteiger charge is -2.36. The number of amides is 2. The maximum absolute atomic E-state index is 13.0. The van der Waals surface area contributed by atoms with Crippen LogP contribution in [0.1, 0.15) is 38.7 Å². The zero-order valence-electron chi connectivity index (χ0n) is 16.3. The molecule has 26 heavy (non-hydrogen) atoms. The molecular weight excluding hydrogens is 326 g/mol. The largest absolute Gasteiger partial charge is 0.343 e. The van der Waals surface area contributed by atoms with Gasteiger partial charge in [-0.15, -0.1) is 0 Å². The smallest absolute Gasteiger partial charge is 0.245 e. The minimum atomic E-state index is -0.425. The van der Waals surface area contributed by atoms with Crippen LogP contribution in [0.3, 0.4) is 0 Å². The molecule has 2 amide bonds. The van der Waals surface area contributed by atoms with Gasteiger partial charge in [-0.3, -0.25) is 9.59 Å². The lowest BCUT2D eigenvalue weighted by atomic mass is 9.89. The van der Waals surface area contributed by atoms with Crippen LogP contribution in [0.25, 0.3) is 0 Å². The minimum absolute atomic E-state index is 0.0713. The number of carbonyl (C=O) groups is 2. The molecule has 1 aliphatic rings. The number of hydrogen-bond acceptors (Lipinski definition) is 3. The number of nitrogens with one attached hydrogen (secondary N) is 2. The summed E-state index contributed by atoms with van der Waals surface area (Å²) in [4.78, 5) is 26.9. The molecule has 0 aromatic heterocycles. The van der Waals surface area contributed by atoms with E-state index in [1.54, 1.807) is 7.05 Å². The van der Waals surface area contributed by atoms with Gasteiger partial charge in [0.1, 0.15) is 6.04 Å². The Morgan fingerprint density at radius 1 is 1.19 bits per heavy atom. The second-order valence-electron chi connectivity index (χ2n) is 7.42. The Hall–Kier alpha value is -1.88. The van der Waals surface area contributed by atoms with Crippen molar-refractivity contribution in [3.05, 3.63) is 35.9 Å². The van der Waals surface area contributed by atoms with Gasteiger partial charge in [0.05, 0.1) is 6.54 Å². The fraction of sp³-hybridized carbons (Fsp3) is 0.619. The summed E-state index contributed by atoms with van der Waals surface area (Å²) >= 11 is 0. The van der Waals surface area contributed by atoms with Crippen LogP contribution in [0.15, 0.2) is 30.3 Å². The Morgan fingerprint density at radius 3 is 2.42 bits per heavy atom. The molecule has 2 N–H and O–H groups in total. The van der Waals surface area contributed by atoms with Gasteiger partial charge in [0.25, 0.3) is 0 Å². The third kappa shape index (κ3) is 5.84. The average molecular weight is 360 g/mol. The number of carbonyl (C=O) groups excluding carboxylic acids is 2. The van der Waals surface area contributed by atoms with E-state index in [-0.39, 0.29) is 24.3 Å². The minimum Gasteiger partial charge on any atom is -0.343 e. The van der Waals surface area contributed by atoms with Crippen molar-refractivity contribution < 1.29 is 9.59 Å². The molecule has 5 nitrogen and oxygen atoms in total. The number of piperidine rings is 1. The fourth-order valence-electron chi connectivity index (χ4n) is 3.57. The number of benzene rings is 1. The van der Waals surface area contributed by atoms with E-state index in [1.807, 2.05) is 17.9 Å². The van der Waals surface area contributed by atoms with Crippen molar-refractivity contribution in [2.75, 3.05) is 26.7 Å². The normalized spacial score (nSPS) is 17.6. The van der Waals surface area contributed by atoms with Crippen molar-refractivity contribution in [3.63, 3.8) is 0 Å². The Bertz CT molecular complexity index is 568. The predicted octanol–water partition coefficient (Wildman–Crippen LogP) is 2.22.